The van der Waals surface area contributed by atoms with Crippen molar-refractivity contribution < 1.29 is 43.2 Å². The van der Waals surface area contributed by atoms with Crippen molar-refractivity contribution in [1.82, 2.24) is 0 Å². The first kappa shape index (κ1) is 34.2. The van der Waals surface area contributed by atoms with Gasteiger partial charge in [0, 0.05) is 38.9 Å². The molecule has 0 aliphatic carbocycles. The van der Waals surface area contributed by atoms with E-state index in [0.717, 1.165) is 26.4 Å². The molecule has 0 saturated heterocycles. The lowest BCUT2D eigenvalue weighted by molar-refractivity contribution is -0.385. The van der Waals surface area contributed by atoms with Gasteiger partial charge in [-0.05, 0) is 80.4 Å². The number of carbonyl (C=O) groups is 4. The van der Waals surface area contributed by atoms with Crippen LogP contribution in [0.3, 0.4) is 0 Å². The molecule has 0 aliphatic heterocycles. The van der Waals surface area contributed by atoms with Gasteiger partial charge in [-0.3, -0.25) is 29.8 Å². The monoisotopic (exact) mass is 770 g/mol. The summed E-state index contributed by atoms with van der Waals surface area (Å²) in [6, 6.07) is 15.2. The molecule has 15 nitrogen and oxygen atoms in total. The number of carbonyl (C=O) groups excluding carboxylic acids is 4. The number of nitro benzene ring substituents is 2. The van der Waals surface area contributed by atoms with E-state index >= 15 is 0 Å². The van der Waals surface area contributed by atoms with E-state index in [0.29, 0.717) is 0 Å². The second-order valence-corrected chi connectivity index (χ2v) is 11.0. The molecule has 240 valence electrons. The Morgan fingerprint density at radius 2 is 1.15 bits per heavy atom. The van der Waals surface area contributed by atoms with Gasteiger partial charge in [0.15, 0.2) is 5.75 Å². The predicted molar refractivity (Wildman–Crippen MR) is 173 cm³/mol. The van der Waals surface area contributed by atoms with Crippen LogP contribution in [0.25, 0.3) is 0 Å². The normalized spacial score (nSPS) is 10.4. The number of nitro groups is 2. The molecule has 2 amide bonds. The largest absolute Gasteiger partial charge is 0.465 e. The number of ether oxygens (including phenoxy) is 3. The van der Waals surface area contributed by atoms with Crippen LogP contribution in [0.4, 0.5) is 22.7 Å². The number of methoxy groups -OCH3 is 2. The summed E-state index contributed by atoms with van der Waals surface area (Å²) in [7, 11) is 2.27. The van der Waals surface area contributed by atoms with Crippen LogP contribution in [0.1, 0.15) is 41.4 Å². The molecule has 0 spiro atoms. The molecule has 0 aromatic heterocycles. The number of nitrogens with one attached hydrogen (secondary N) is 2. The first-order valence-electron chi connectivity index (χ1n) is 13.0. The van der Waals surface area contributed by atoms with E-state index in [9.17, 15) is 39.4 Å². The number of non-ortho nitro benzene ring substituents is 2. The minimum absolute atomic E-state index is 0.0116. The summed E-state index contributed by atoms with van der Waals surface area (Å²) in [4.78, 5) is 71.9. The number of hydrogen-bond donors (Lipinski definition) is 2. The Morgan fingerprint density at radius 3 is 1.66 bits per heavy atom. The molecule has 4 aromatic rings. The summed E-state index contributed by atoms with van der Waals surface area (Å²) in [6.45, 7) is 0. The van der Waals surface area contributed by atoms with Crippen LogP contribution in [-0.4, -0.2) is 47.8 Å². The Balaban J connectivity index is 1.72. The zero-order chi connectivity index (χ0) is 34.4. The van der Waals surface area contributed by atoms with Crippen LogP contribution >= 0.6 is 31.9 Å². The number of rotatable bonds is 10. The molecule has 0 bridgehead atoms. The van der Waals surface area contributed by atoms with E-state index in [-0.39, 0.29) is 65.4 Å². The van der Waals surface area contributed by atoms with Crippen molar-refractivity contribution in [3.63, 3.8) is 0 Å². The molecule has 4 rings (SSSR count). The van der Waals surface area contributed by atoms with Crippen molar-refractivity contribution in [3.05, 3.63) is 124 Å². The van der Waals surface area contributed by atoms with Crippen molar-refractivity contribution in [3.8, 4) is 11.5 Å². The zero-order valence-electron chi connectivity index (χ0n) is 24.1. The number of amides is 2. The van der Waals surface area contributed by atoms with E-state index in [4.69, 9.17) is 14.2 Å². The smallest absolute Gasteiger partial charge is 0.338 e. The second kappa shape index (κ2) is 14.6. The van der Waals surface area contributed by atoms with E-state index in [2.05, 4.69) is 42.5 Å². The highest BCUT2D eigenvalue weighted by atomic mass is 79.9. The molecule has 0 saturated carbocycles. The van der Waals surface area contributed by atoms with Crippen LogP contribution in [-0.2, 0) is 9.47 Å². The van der Waals surface area contributed by atoms with Crippen LogP contribution in [0, 0.1) is 20.2 Å². The van der Waals surface area contributed by atoms with Crippen molar-refractivity contribution in [1.29, 1.82) is 0 Å². The second-order valence-electron chi connectivity index (χ2n) is 9.25. The molecule has 0 unspecified atom stereocenters. The average molecular weight is 772 g/mol. The van der Waals surface area contributed by atoms with Gasteiger partial charge in [-0.1, -0.05) is 0 Å². The van der Waals surface area contributed by atoms with Crippen molar-refractivity contribution in [2.24, 2.45) is 0 Å². The summed E-state index contributed by atoms with van der Waals surface area (Å²) in [5, 5.41) is 27.5. The summed E-state index contributed by atoms with van der Waals surface area (Å²) in [6.07, 6.45) is 0. The Hall–Kier alpha value is -5.68. The van der Waals surface area contributed by atoms with Crippen molar-refractivity contribution >= 4 is 78.4 Å². The highest BCUT2D eigenvalue weighted by Crippen LogP contribution is 2.35. The lowest BCUT2D eigenvalue weighted by Gasteiger charge is -2.16. The van der Waals surface area contributed by atoms with Crippen molar-refractivity contribution in [2.75, 3.05) is 24.9 Å². The summed E-state index contributed by atoms with van der Waals surface area (Å²) >= 11 is 6.33. The maximum atomic E-state index is 13.3. The van der Waals surface area contributed by atoms with Crippen LogP contribution in [0.15, 0.2) is 81.7 Å². The summed E-state index contributed by atoms with van der Waals surface area (Å²) in [5.41, 5.74) is -0.435. The third kappa shape index (κ3) is 7.95. The molecule has 2 N–H and O–H groups in total. The van der Waals surface area contributed by atoms with Crippen molar-refractivity contribution in [2.45, 2.75) is 0 Å². The van der Waals surface area contributed by atoms with Gasteiger partial charge in [-0.25, -0.2) is 9.59 Å². The molecule has 0 radical (unpaired) electrons. The summed E-state index contributed by atoms with van der Waals surface area (Å²) < 4.78 is 15.8. The maximum Gasteiger partial charge on any atom is 0.338 e. The Labute approximate surface area is 281 Å². The Morgan fingerprint density at radius 1 is 0.638 bits per heavy atom. The molecule has 4 aromatic carbocycles. The maximum absolute atomic E-state index is 13.3. The molecular weight excluding hydrogens is 752 g/mol. The standard InChI is InChI=1S/C30H20Br2N4O11/c1-45-29(39)19-9-6-18(14-22(19)30(40)46-2)47-26-10-3-15(33-27(37)20-7-4-16(35(41)42)12-23(20)31)11-25(26)34-28(38)21-8-5-17(36(43)44)13-24(21)32/h3-14H,1-2H3,(H,33,37)(H,34,38). The minimum Gasteiger partial charge on any atom is -0.465 e. The fourth-order valence-corrected chi connectivity index (χ4v) is 5.16. The summed E-state index contributed by atoms with van der Waals surface area (Å²) in [5.74, 6) is -2.92. The third-order valence-corrected chi connectivity index (χ3v) is 7.64. The van der Waals surface area contributed by atoms with Gasteiger partial charge in [0.25, 0.3) is 23.2 Å². The number of esters is 2. The van der Waals surface area contributed by atoms with Gasteiger partial charge in [0.05, 0.1) is 52.0 Å². The SMILES string of the molecule is COC(=O)c1ccc(Oc2ccc(NC(=O)c3ccc([N+](=O)[O-])cc3Br)cc2NC(=O)c2ccc([N+](=O)[O-])cc2Br)cc1C(=O)OC. The van der Waals surface area contributed by atoms with Gasteiger partial charge in [-0.15, -0.1) is 0 Å². The topological polar surface area (TPSA) is 206 Å². The van der Waals surface area contributed by atoms with E-state index in [1.165, 1.54) is 60.7 Å². The van der Waals surface area contributed by atoms with Crippen LogP contribution in [0.2, 0.25) is 0 Å². The molecule has 0 aliphatic rings. The quantitative estimate of drug-likeness (QED) is 0.0963. The van der Waals surface area contributed by atoms with Gasteiger partial charge >= 0.3 is 11.9 Å². The number of benzene rings is 4. The highest BCUT2D eigenvalue weighted by Gasteiger charge is 2.22. The zero-order valence-corrected chi connectivity index (χ0v) is 27.2. The van der Waals surface area contributed by atoms with E-state index < -0.39 is 33.6 Å². The van der Waals surface area contributed by atoms with Gasteiger partial charge in [0.2, 0.25) is 0 Å². The van der Waals surface area contributed by atoms with Crippen LogP contribution in [0.5, 0.6) is 11.5 Å². The number of hydrogen-bond acceptors (Lipinski definition) is 11. The predicted octanol–water partition coefficient (Wildman–Crippen LogP) is 6.90. The van der Waals surface area contributed by atoms with E-state index in [1.807, 2.05) is 0 Å². The number of anilines is 2. The van der Waals surface area contributed by atoms with Gasteiger partial charge < -0.3 is 24.8 Å². The first-order valence-corrected chi connectivity index (χ1v) is 14.5. The average Bonchev–Trinajstić information content (AvgIpc) is 3.04. The van der Waals surface area contributed by atoms with Crippen LogP contribution < -0.4 is 15.4 Å². The molecule has 17 heteroatoms. The fourth-order valence-electron chi connectivity index (χ4n) is 4.07. The third-order valence-electron chi connectivity index (χ3n) is 6.33. The number of nitrogens with zero attached hydrogens (tertiary/aromatic N) is 2. The molecular formula is C30H20Br2N4O11. The highest BCUT2D eigenvalue weighted by molar-refractivity contribution is 9.10. The lowest BCUT2D eigenvalue weighted by Crippen LogP contribution is -2.15. The van der Waals surface area contributed by atoms with Gasteiger partial charge in [0.1, 0.15) is 5.75 Å². The first-order chi connectivity index (χ1) is 22.3. The minimum atomic E-state index is -0.845. The number of halogens is 2. The Bertz CT molecular complexity index is 1970. The van der Waals surface area contributed by atoms with Gasteiger partial charge in [-0.2, -0.15) is 0 Å². The molecule has 0 heterocycles. The molecule has 47 heavy (non-hydrogen) atoms. The molecule has 0 atom stereocenters. The molecule has 0 fully saturated rings. The van der Waals surface area contributed by atoms with E-state index in [1.54, 1.807) is 0 Å². The lowest BCUT2D eigenvalue weighted by atomic mass is 10.1. The fraction of sp³-hybridized carbons (Fsp3) is 0.0667. The Kier molecular flexibility index (Phi) is 10.6.